The normalized spacial score (nSPS) is 21.4. The minimum absolute atomic E-state index is 0.203. The van der Waals surface area contributed by atoms with E-state index >= 15 is 0 Å². The standard InChI is InChI=1S/C15H23NO2/c1-11-6-7-15(17)14(9-11)12(2)16(3)10-13-5-4-8-18-13/h6-7,9,12-13,17H,4-5,8,10H2,1-3H3. The number of benzene rings is 1. The van der Waals surface area contributed by atoms with Gasteiger partial charge in [-0.3, -0.25) is 4.90 Å². The van der Waals surface area contributed by atoms with Crippen LogP contribution in [0.2, 0.25) is 0 Å². The van der Waals surface area contributed by atoms with Gasteiger partial charge in [-0.2, -0.15) is 0 Å². The summed E-state index contributed by atoms with van der Waals surface area (Å²) in [6, 6.07) is 5.98. The lowest BCUT2D eigenvalue weighted by atomic mass is 10.0. The van der Waals surface area contributed by atoms with E-state index in [1.54, 1.807) is 6.07 Å². The molecular formula is C15H23NO2. The van der Waals surface area contributed by atoms with Crippen LogP contribution in [0.1, 0.15) is 36.9 Å². The van der Waals surface area contributed by atoms with Crippen molar-refractivity contribution in [2.24, 2.45) is 0 Å². The first-order valence-electron chi connectivity index (χ1n) is 6.69. The van der Waals surface area contributed by atoms with Crippen LogP contribution in [0.15, 0.2) is 18.2 Å². The van der Waals surface area contributed by atoms with Gasteiger partial charge in [-0.25, -0.2) is 0 Å². The molecule has 0 amide bonds. The van der Waals surface area contributed by atoms with Crippen LogP contribution in [0.25, 0.3) is 0 Å². The van der Waals surface area contributed by atoms with Crippen molar-refractivity contribution in [1.82, 2.24) is 4.90 Å². The minimum atomic E-state index is 0.203. The first-order valence-corrected chi connectivity index (χ1v) is 6.69. The number of hydrogen-bond donors (Lipinski definition) is 1. The molecule has 1 N–H and O–H groups in total. The number of likely N-dealkylation sites (N-methyl/N-ethyl adjacent to an activating group) is 1. The highest BCUT2D eigenvalue weighted by molar-refractivity contribution is 5.37. The maximum atomic E-state index is 9.96. The molecule has 1 fully saturated rings. The lowest BCUT2D eigenvalue weighted by Gasteiger charge is -2.28. The maximum absolute atomic E-state index is 9.96. The van der Waals surface area contributed by atoms with Gasteiger partial charge >= 0.3 is 0 Å². The molecule has 0 bridgehead atoms. The summed E-state index contributed by atoms with van der Waals surface area (Å²) >= 11 is 0. The monoisotopic (exact) mass is 249 g/mol. The van der Waals surface area contributed by atoms with E-state index < -0.39 is 0 Å². The van der Waals surface area contributed by atoms with Crippen molar-refractivity contribution in [2.45, 2.75) is 38.8 Å². The summed E-state index contributed by atoms with van der Waals surface area (Å²) in [6.07, 6.45) is 2.67. The summed E-state index contributed by atoms with van der Waals surface area (Å²) in [7, 11) is 2.09. The zero-order valence-electron chi connectivity index (χ0n) is 11.5. The van der Waals surface area contributed by atoms with E-state index in [9.17, 15) is 5.11 Å². The molecular weight excluding hydrogens is 226 g/mol. The van der Waals surface area contributed by atoms with E-state index in [1.807, 2.05) is 6.07 Å². The fourth-order valence-electron chi connectivity index (χ4n) is 2.51. The molecule has 1 aliphatic rings. The first-order chi connectivity index (χ1) is 8.58. The molecule has 1 aromatic rings. The molecule has 1 aromatic carbocycles. The Bertz CT molecular complexity index is 399. The predicted molar refractivity (Wildman–Crippen MR) is 72.9 cm³/mol. The first kappa shape index (κ1) is 13.4. The number of hydrogen-bond acceptors (Lipinski definition) is 3. The van der Waals surface area contributed by atoms with Gasteiger partial charge in [0.25, 0.3) is 0 Å². The largest absolute Gasteiger partial charge is 0.508 e. The number of phenolic OH excluding ortho intramolecular Hbond substituents is 1. The predicted octanol–water partition coefficient (Wildman–Crippen LogP) is 2.87. The van der Waals surface area contributed by atoms with Crippen molar-refractivity contribution in [3.8, 4) is 5.75 Å². The molecule has 2 atom stereocenters. The Morgan fingerprint density at radius 2 is 2.28 bits per heavy atom. The highest BCUT2D eigenvalue weighted by atomic mass is 16.5. The van der Waals surface area contributed by atoms with Crippen LogP contribution < -0.4 is 0 Å². The lowest BCUT2D eigenvalue weighted by molar-refractivity contribution is 0.0700. The molecule has 0 radical (unpaired) electrons. The van der Waals surface area contributed by atoms with Gasteiger partial charge < -0.3 is 9.84 Å². The molecule has 3 heteroatoms. The molecule has 1 saturated heterocycles. The number of rotatable bonds is 4. The van der Waals surface area contributed by atoms with Crippen LogP contribution >= 0.6 is 0 Å². The van der Waals surface area contributed by atoms with Gasteiger partial charge in [0.05, 0.1) is 6.10 Å². The number of aromatic hydroxyl groups is 1. The van der Waals surface area contributed by atoms with Gasteiger partial charge in [0.2, 0.25) is 0 Å². The molecule has 3 nitrogen and oxygen atoms in total. The molecule has 0 spiro atoms. The minimum Gasteiger partial charge on any atom is -0.508 e. The van der Waals surface area contributed by atoms with Gasteiger partial charge in [-0.05, 0) is 39.8 Å². The van der Waals surface area contributed by atoms with E-state index in [0.29, 0.717) is 11.9 Å². The number of phenols is 1. The van der Waals surface area contributed by atoms with E-state index in [1.165, 1.54) is 12.0 Å². The summed E-state index contributed by atoms with van der Waals surface area (Å²) in [5.41, 5.74) is 2.18. The fourth-order valence-corrected chi connectivity index (χ4v) is 2.51. The van der Waals surface area contributed by atoms with Crippen molar-refractivity contribution >= 4 is 0 Å². The van der Waals surface area contributed by atoms with Crippen molar-refractivity contribution in [3.05, 3.63) is 29.3 Å². The topological polar surface area (TPSA) is 32.7 Å². The van der Waals surface area contributed by atoms with E-state index in [0.717, 1.165) is 25.1 Å². The van der Waals surface area contributed by atoms with E-state index in [4.69, 9.17) is 4.74 Å². The SMILES string of the molecule is Cc1ccc(O)c(C(C)N(C)CC2CCCO2)c1. The van der Waals surface area contributed by atoms with Crippen LogP contribution in [-0.2, 0) is 4.74 Å². The molecule has 0 aliphatic carbocycles. The lowest BCUT2D eigenvalue weighted by Crippen LogP contribution is -2.31. The van der Waals surface area contributed by atoms with Crippen LogP contribution in [-0.4, -0.2) is 36.3 Å². The summed E-state index contributed by atoms with van der Waals surface area (Å²) in [5.74, 6) is 0.382. The molecule has 1 aliphatic heterocycles. The average molecular weight is 249 g/mol. The number of aryl methyl sites for hydroxylation is 1. The van der Waals surface area contributed by atoms with Crippen molar-refractivity contribution < 1.29 is 9.84 Å². The van der Waals surface area contributed by atoms with Gasteiger partial charge in [0.1, 0.15) is 5.75 Å². The zero-order valence-corrected chi connectivity index (χ0v) is 11.5. The Balaban J connectivity index is 2.04. The number of ether oxygens (including phenoxy) is 1. The summed E-state index contributed by atoms with van der Waals surface area (Å²) in [6.45, 7) is 6.00. The third kappa shape index (κ3) is 3.03. The highest BCUT2D eigenvalue weighted by Gasteiger charge is 2.22. The smallest absolute Gasteiger partial charge is 0.120 e. The molecule has 2 unspecified atom stereocenters. The second-order valence-corrected chi connectivity index (χ2v) is 5.31. The molecule has 0 aromatic heterocycles. The van der Waals surface area contributed by atoms with E-state index in [2.05, 4.69) is 31.9 Å². The van der Waals surface area contributed by atoms with E-state index in [-0.39, 0.29) is 6.04 Å². The number of nitrogens with zero attached hydrogens (tertiary/aromatic N) is 1. The summed E-state index contributed by atoms with van der Waals surface area (Å²) in [5, 5.41) is 9.96. The van der Waals surface area contributed by atoms with Crippen molar-refractivity contribution in [3.63, 3.8) is 0 Å². The second kappa shape index (κ2) is 5.72. The van der Waals surface area contributed by atoms with Gasteiger partial charge in [-0.15, -0.1) is 0 Å². The molecule has 1 heterocycles. The molecule has 0 saturated carbocycles. The average Bonchev–Trinajstić information content (AvgIpc) is 2.84. The van der Waals surface area contributed by atoms with Crippen LogP contribution in [0, 0.1) is 6.92 Å². The second-order valence-electron chi connectivity index (χ2n) is 5.31. The molecule has 18 heavy (non-hydrogen) atoms. The van der Waals surface area contributed by atoms with Crippen molar-refractivity contribution in [1.29, 1.82) is 0 Å². The summed E-state index contributed by atoms with van der Waals surface area (Å²) < 4.78 is 5.66. The van der Waals surface area contributed by atoms with Gasteiger partial charge in [0, 0.05) is 24.8 Å². The quantitative estimate of drug-likeness (QED) is 0.890. The Kier molecular flexibility index (Phi) is 4.25. The summed E-state index contributed by atoms with van der Waals surface area (Å²) in [4.78, 5) is 2.25. The van der Waals surface area contributed by atoms with Crippen LogP contribution in [0.5, 0.6) is 5.75 Å². The fraction of sp³-hybridized carbons (Fsp3) is 0.600. The van der Waals surface area contributed by atoms with Crippen LogP contribution in [0.4, 0.5) is 0 Å². The third-order valence-corrected chi connectivity index (χ3v) is 3.81. The van der Waals surface area contributed by atoms with Gasteiger partial charge in [0.15, 0.2) is 0 Å². The Morgan fingerprint density at radius 3 is 2.94 bits per heavy atom. The van der Waals surface area contributed by atoms with Crippen molar-refractivity contribution in [2.75, 3.05) is 20.2 Å². The van der Waals surface area contributed by atoms with Gasteiger partial charge in [-0.1, -0.05) is 17.7 Å². The zero-order chi connectivity index (χ0) is 13.1. The highest BCUT2D eigenvalue weighted by Crippen LogP contribution is 2.29. The molecule has 2 rings (SSSR count). The molecule has 100 valence electrons. The van der Waals surface area contributed by atoms with Crippen LogP contribution in [0.3, 0.4) is 0 Å². The maximum Gasteiger partial charge on any atom is 0.120 e. The Labute approximate surface area is 109 Å². The Morgan fingerprint density at radius 1 is 1.50 bits per heavy atom. The Hall–Kier alpha value is -1.06. The third-order valence-electron chi connectivity index (χ3n) is 3.81.